The normalized spacial score (nSPS) is 15.3. The number of Topliss-reactive ketones (excluding diaryl/α,β-unsaturated/α-hetero) is 1. The lowest BCUT2D eigenvalue weighted by Gasteiger charge is -2.11. The molecule has 2 aromatic rings. The molecule has 0 fully saturated rings. The SMILES string of the molecule is COc1ccccc1-c1c(N=CC2=C(O)CCCC2=O)n[nH]c1C. The van der Waals surface area contributed by atoms with Crippen LogP contribution >= 0.6 is 0 Å². The molecule has 0 unspecified atom stereocenters. The summed E-state index contributed by atoms with van der Waals surface area (Å²) in [4.78, 5) is 16.3. The van der Waals surface area contributed by atoms with E-state index in [9.17, 15) is 9.90 Å². The van der Waals surface area contributed by atoms with Crippen LogP contribution in [0, 0.1) is 6.92 Å². The first kappa shape index (κ1) is 16.0. The van der Waals surface area contributed by atoms with Gasteiger partial charge in [-0.2, -0.15) is 5.10 Å². The number of aromatic amines is 1. The number of aliphatic hydroxyl groups is 1. The zero-order valence-electron chi connectivity index (χ0n) is 13.7. The van der Waals surface area contributed by atoms with E-state index in [2.05, 4.69) is 15.2 Å². The lowest BCUT2D eigenvalue weighted by molar-refractivity contribution is -0.115. The summed E-state index contributed by atoms with van der Waals surface area (Å²) >= 11 is 0. The highest BCUT2D eigenvalue weighted by molar-refractivity contribution is 6.14. The summed E-state index contributed by atoms with van der Waals surface area (Å²) < 4.78 is 5.41. The minimum absolute atomic E-state index is 0.0893. The third kappa shape index (κ3) is 2.95. The number of ether oxygens (including phenoxy) is 1. The van der Waals surface area contributed by atoms with Crippen LogP contribution in [0.1, 0.15) is 25.0 Å². The molecule has 0 amide bonds. The van der Waals surface area contributed by atoms with E-state index in [4.69, 9.17) is 4.74 Å². The molecule has 0 spiro atoms. The van der Waals surface area contributed by atoms with E-state index in [1.54, 1.807) is 7.11 Å². The quantitative estimate of drug-likeness (QED) is 0.840. The molecule has 1 aliphatic rings. The van der Waals surface area contributed by atoms with Crippen LogP contribution in [0.2, 0.25) is 0 Å². The molecule has 0 bridgehead atoms. The van der Waals surface area contributed by atoms with Gasteiger partial charge in [-0.1, -0.05) is 18.2 Å². The number of hydrogen-bond donors (Lipinski definition) is 2. The van der Waals surface area contributed by atoms with Gasteiger partial charge in [0.2, 0.25) is 0 Å². The first-order chi connectivity index (χ1) is 11.6. The van der Waals surface area contributed by atoms with Crippen molar-refractivity contribution in [3.63, 3.8) is 0 Å². The van der Waals surface area contributed by atoms with Crippen molar-refractivity contribution in [2.24, 2.45) is 4.99 Å². The molecule has 0 radical (unpaired) electrons. The van der Waals surface area contributed by atoms with Gasteiger partial charge in [-0.3, -0.25) is 9.89 Å². The van der Waals surface area contributed by atoms with Crippen LogP contribution < -0.4 is 4.74 Å². The molecule has 1 aromatic heterocycles. The Morgan fingerprint density at radius 1 is 1.33 bits per heavy atom. The number of ketones is 1. The van der Waals surface area contributed by atoms with Gasteiger partial charge in [-0.15, -0.1) is 0 Å². The second-order valence-corrected chi connectivity index (χ2v) is 5.64. The molecule has 0 aliphatic heterocycles. The highest BCUT2D eigenvalue weighted by atomic mass is 16.5. The molecular weight excluding hydrogens is 306 g/mol. The van der Waals surface area contributed by atoms with E-state index in [0.29, 0.717) is 30.8 Å². The summed E-state index contributed by atoms with van der Waals surface area (Å²) in [6.45, 7) is 1.90. The number of allylic oxidation sites excluding steroid dienone is 2. The average Bonchev–Trinajstić information content (AvgIpc) is 2.95. The number of hydrogen-bond acceptors (Lipinski definition) is 5. The summed E-state index contributed by atoms with van der Waals surface area (Å²) in [6.07, 6.45) is 3.03. The van der Waals surface area contributed by atoms with Crippen LogP contribution in [-0.4, -0.2) is 34.4 Å². The summed E-state index contributed by atoms with van der Waals surface area (Å²) in [6, 6.07) is 7.60. The van der Waals surface area contributed by atoms with E-state index in [1.165, 1.54) is 6.21 Å². The highest BCUT2D eigenvalue weighted by Gasteiger charge is 2.20. The number of carbonyl (C=O) groups excluding carboxylic acids is 1. The Kier molecular flexibility index (Phi) is 4.46. The van der Waals surface area contributed by atoms with Crippen LogP contribution in [0.4, 0.5) is 5.82 Å². The molecular formula is C18H19N3O3. The van der Waals surface area contributed by atoms with Gasteiger partial charge >= 0.3 is 0 Å². The van der Waals surface area contributed by atoms with E-state index >= 15 is 0 Å². The van der Waals surface area contributed by atoms with Crippen LogP contribution in [-0.2, 0) is 4.79 Å². The number of nitrogens with one attached hydrogen (secondary N) is 1. The number of para-hydroxylation sites is 1. The minimum atomic E-state index is -0.0893. The monoisotopic (exact) mass is 325 g/mol. The van der Waals surface area contributed by atoms with E-state index in [-0.39, 0.29) is 17.1 Å². The Bertz CT molecular complexity index is 834. The Hall–Kier alpha value is -2.89. The molecule has 6 heteroatoms. The summed E-state index contributed by atoms with van der Waals surface area (Å²) in [5.41, 5.74) is 2.80. The Morgan fingerprint density at radius 3 is 2.88 bits per heavy atom. The maximum Gasteiger partial charge on any atom is 0.181 e. The molecule has 1 heterocycles. The fraction of sp³-hybridized carbons (Fsp3) is 0.278. The van der Waals surface area contributed by atoms with Crippen molar-refractivity contribution in [1.29, 1.82) is 0 Å². The first-order valence-electron chi connectivity index (χ1n) is 7.79. The van der Waals surface area contributed by atoms with Crippen molar-refractivity contribution in [2.45, 2.75) is 26.2 Å². The van der Waals surface area contributed by atoms with Crippen LogP contribution in [0.5, 0.6) is 5.75 Å². The highest BCUT2D eigenvalue weighted by Crippen LogP contribution is 2.37. The number of aliphatic imine (C=N–C) groups is 1. The number of H-pyrrole nitrogens is 1. The van der Waals surface area contributed by atoms with Gasteiger partial charge < -0.3 is 9.84 Å². The number of carbonyl (C=O) groups is 1. The summed E-state index contributed by atoms with van der Waals surface area (Å²) in [7, 11) is 1.61. The van der Waals surface area contributed by atoms with Crippen molar-refractivity contribution >= 4 is 17.8 Å². The molecule has 0 saturated carbocycles. The predicted molar refractivity (Wildman–Crippen MR) is 92.0 cm³/mol. The van der Waals surface area contributed by atoms with E-state index in [1.807, 2.05) is 31.2 Å². The molecule has 3 rings (SSSR count). The molecule has 1 aromatic carbocycles. The number of aromatic nitrogens is 2. The summed E-state index contributed by atoms with van der Waals surface area (Å²) in [5.74, 6) is 1.18. The molecule has 1 aliphatic carbocycles. The largest absolute Gasteiger partial charge is 0.512 e. The van der Waals surface area contributed by atoms with Crippen molar-refractivity contribution < 1.29 is 14.6 Å². The smallest absolute Gasteiger partial charge is 0.181 e. The number of benzene rings is 1. The fourth-order valence-electron chi connectivity index (χ4n) is 2.80. The molecule has 0 saturated heterocycles. The number of aliphatic hydroxyl groups excluding tert-OH is 1. The third-order valence-electron chi connectivity index (χ3n) is 4.05. The van der Waals surface area contributed by atoms with E-state index in [0.717, 1.165) is 16.8 Å². The molecule has 0 atom stereocenters. The third-order valence-corrected chi connectivity index (χ3v) is 4.05. The standard InChI is InChI=1S/C18H19N3O3/c1-11-17(12-6-3-4-9-16(12)24-2)18(21-20-11)19-10-13-14(22)7-5-8-15(13)23/h3-4,6,9-10,22H,5,7-8H2,1-2H3,(H,20,21). The zero-order chi connectivity index (χ0) is 17.1. The molecule has 24 heavy (non-hydrogen) atoms. The second kappa shape index (κ2) is 6.70. The number of nitrogens with zero attached hydrogens (tertiary/aromatic N) is 2. The van der Waals surface area contributed by atoms with Gasteiger partial charge in [-0.25, -0.2) is 4.99 Å². The van der Waals surface area contributed by atoms with Gasteiger partial charge in [0.1, 0.15) is 11.5 Å². The maximum atomic E-state index is 11.9. The zero-order valence-corrected chi connectivity index (χ0v) is 13.7. The van der Waals surface area contributed by atoms with Gasteiger partial charge in [-0.05, 0) is 19.4 Å². The van der Waals surface area contributed by atoms with Crippen molar-refractivity contribution in [3.05, 3.63) is 41.3 Å². The maximum absolute atomic E-state index is 11.9. The van der Waals surface area contributed by atoms with Gasteiger partial charge in [0, 0.05) is 30.3 Å². The topological polar surface area (TPSA) is 87.6 Å². The predicted octanol–water partition coefficient (Wildman–Crippen LogP) is 3.66. The Morgan fingerprint density at radius 2 is 2.12 bits per heavy atom. The van der Waals surface area contributed by atoms with Gasteiger partial charge in [0.15, 0.2) is 11.6 Å². The van der Waals surface area contributed by atoms with Crippen molar-refractivity contribution in [2.75, 3.05) is 7.11 Å². The van der Waals surface area contributed by atoms with Gasteiger partial charge in [0.05, 0.1) is 18.2 Å². The summed E-state index contributed by atoms with van der Waals surface area (Å²) in [5, 5.41) is 17.0. The number of rotatable bonds is 4. The fourth-order valence-corrected chi connectivity index (χ4v) is 2.80. The molecule has 2 N–H and O–H groups in total. The molecule has 124 valence electrons. The minimum Gasteiger partial charge on any atom is -0.512 e. The van der Waals surface area contributed by atoms with Gasteiger partial charge in [0.25, 0.3) is 0 Å². The Balaban J connectivity index is 2.02. The van der Waals surface area contributed by atoms with Crippen LogP contribution in [0.3, 0.4) is 0 Å². The number of aryl methyl sites for hydroxylation is 1. The first-order valence-corrected chi connectivity index (χ1v) is 7.79. The van der Waals surface area contributed by atoms with Crippen LogP contribution in [0.15, 0.2) is 40.6 Å². The Labute approximate surface area is 139 Å². The average molecular weight is 325 g/mol. The molecule has 6 nitrogen and oxygen atoms in total. The lowest BCUT2D eigenvalue weighted by Crippen LogP contribution is -2.12. The number of methoxy groups -OCH3 is 1. The van der Waals surface area contributed by atoms with Crippen LogP contribution in [0.25, 0.3) is 11.1 Å². The van der Waals surface area contributed by atoms with Crippen molar-refractivity contribution in [3.8, 4) is 16.9 Å². The van der Waals surface area contributed by atoms with E-state index < -0.39 is 0 Å². The lowest BCUT2D eigenvalue weighted by atomic mass is 9.97. The van der Waals surface area contributed by atoms with Crippen molar-refractivity contribution in [1.82, 2.24) is 10.2 Å². The second-order valence-electron chi connectivity index (χ2n) is 5.64.